The van der Waals surface area contributed by atoms with E-state index >= 15 is 0 Å². The van der Waals surface area contributed by atoms with E-state index in [1.54, 1.807) is 0 Å². The zero-order valence-corrected chi connectivity index (χ0v) is 19.3. The van der Waals surface area contributed by atoms with Gasteiger partial charge in [-0.05, 0) is 59.9 Å². The van der Waals surface area contributed by atoms with Crippen LogP contribution in [0.5, 0.6) is 11.5 Å². The second-order valence-corrected chi connectivity index (χ2v) is 10.0. The van der Waals surface area contributed by atoms with Crippen LogP contribution >= 0.6 is 15.9 Å². The molecular formula is C27H22BrNO4. The highest BCUT2D eigenvalue weighted by molar-refractivity contribution is 9.09. The molecule has 33 heavy (non-hydrogen) atoms. The molecule has 3 aromatic carbocycles. The smallest absolute Gasteiger partial charge is 0.310 e. The molecule has 1 saturated heterocycles. The summed E-state index contributed by atoms with van der Waals surface area (Å²) in [6.45, 7) is 0. The van der Waals surface area contributed by atoms with Crippen molar-refractivity contribution in [2.45, 2.75) is 17.4 Å². The normalized spacial score (nSPS) is 29.1. The van der Waals surface area contributed by atoms with E-state index in [1.807, 2.05) is 66.7 Å². The highest BCUT2D eigenvalue weighted by atomic mass is 79.9. The molecule has 166 valence electrons. The van der Waals surface area contributed by atoms with Crippen molar-refractivity contribution in [3.63, 3.8) is 0 Å². The van der Waals surface area contributed by atoms with Crippen molar-refractivity contribution in [2.24, 2.45) is 23.7 Å². The Bertz CT molecular complexity index is 1200. The van der Waals surface area contributed by atoms with Gasteiger partial charge < -0.3 is 14.8 Å². The minimum atomic E-state index is -0.343. The summed E-state index contributed by atoms with van der Waals surface area (Å²) in [6, 6.07) is 25.4. The molecule has 6 rings (SSSR count). The van der Waals surface area contributed by atoms with E-state index in [-0.39, 0.29) is 46.5 Å². The van der Waals surface area contributed by atoms with Crippen LogP contribution in [-0.2, 0) is 14.3 Å². The third-order valence-electron chi connectivity index (χ3n) is 7.14. The van der Waals surface area contributed by atoms with Crippen LogP contribution in [0.2, 0.25) is 0 Å². The molecule has 6 atom stereocenters. The monoisotopic (exact) mass is 503 g/mol. The maximum atomic E-state index is 13.0. The average Bonchev–Trinajstić information content (AvgIpc) is 3.46. The van der Waals surface area contributed by atoms with Crippen LogP contribution in [0.15, 0.2) is 78.9 Å². The first-order chi connectivity index (χ1) is 16.1. The van der Waals surface area contributed by atoms with Crippen LogP contribution in [0, 0.1) is 23.7 Å². The van der Waals surface area contributed by atoms with Crippen molar-refractivity contribution < 1.29 is 19.1 Å². The molecule has 2 bridgehead atoms. The van der Waals surface area contributed by atoms with E-state index in [1.165, 1.54) is 0 Å². The van der Waals surface area contributed by atoms with E-state index in [0.717, 1.165) is 23.3 Å². The van der Waals surface area contributed by atoms with E-state index in [0.29, 0.717) is 11.4 Å². The van der Waals surface area contributed by atoms with Gasteiger partial charge in [0, 0.05) is 11.6 Å². The van der Waals surface area contributed by atoms with E-state index in [2.05, 4.69) is 33.4 Å². The molecule has 5 nitrogen and oxygen atoms in total. The van der Waals surface area contributed by atoms with E-state index < -0.39 is 0 Å². The van der Waals surface area contributed by atoms with Gasteiger partial charge in [0.25, 0.3) is 0 Å². The minimum absolute atomic E-state index is 0.0602. The number of carbonyl (C=O) groups excluding carboxylic acids is 2. The van der Waals surface area contributed by atoms with Crippen LogP contribution in [0.4, 0.5) is 5.69 Å². The summed E-state index contributed by atoms with van der Waals surface area (Å²) in [5, 5.41) is 2.99. The fourth-order valence-electron chi connectivity index (χ4n) is 5.64. The van der Waals surface area contributed by atoms with Crippen molar-refractivity contribution >= 4 is 33.5 Å². The van der Waals surface area contributed by atoms with Crippen LogP contribution in [0.1, 0.15) is 6.42 Å². The van der Waals surface area contributed by atoms with Gasteiger partial charge in [0.2, 0.25) is 5.91 Å². The van der Waals surface area contributed by atoms with Crippen LogP contribution < -0.4 is 10.1 Å². The first-order valence-electron chi connectivity index (χ1n) is 11.2. The lowest BCUT2D eigenvalue weighted by atomic mass is 9.79. The molecule has 6 heteroatoms. The highest BCUT2D eigenvalue weighted by Gasteiger charge is 2.67. The first kappa shape index (κ1) is 20.5. The molecule has 0 unspecified atom stereocenters. The van der Waals surface area contributed by atoms with Gasteiger partial charge in [-0.2, -0.15) is 0 Å². The van der Waals surface area contributed by atoms with Crippen LogP contribution in [0.3, 0.4) is 0 Å². The summed E-state index contributed by atoms with van der Waals surface area (Å²) < 4.78 is 11.5. The summed E-state index contributed by atoms with van der Waals surface area (Å²) in [4.78, 5) is 25.4. The average molecular weight is 504 g/mol. The molecule has 2 saturated carbocycles. The Morgan fingerprint density at radius 2 is 1.52 bits per heavy atom. The Balaban J connectivity index is 1.11. The highest BCUT2D eigenvalue weighted by Crippen LogP contribution is 2.60. The summed E-state index contributed by atoms with van der Waals surface area (Å²) in [5.74, 6) is 0.731. The van der Waals surface area contributed by atoms with Crippen molar-refractivity contribution in [3.05, 3.63) is 78.9 Å². The van der Waals surface area contributed by atoms with Gasteiger partial charge in [-0.1, -0.05) is 58.4 Å². The standard InChI is InChI=1S/C27H22BrNO4/c28-24-20-14-21-23(27(31)33-25(21)24)22(20)26(30)29-17-8-12-19(13-9-17)32-18-10-6-16(7-11-18)15-4-2-1-3-5-15/h1-13,20-25H,14H2,(H,29,30)/t20-,21-,22-,23-,24+,25+/m1/s1. The van der Waals surface area contributed by atoms with Gasteiger partial charge in [-0.3, -0.25) is 9.59 Å². The zero-order chi connectivity index (χ0) is 22.5. The number of nitrogens with one attached hydrogen (secondary N) is 1. The summed E-state index contributed by atoms with van der Waals surface area (Å²) in [7, 11) is 0. The Labute approximate surface area is 200 Å². The fraction of sp³-hybridized carbons (Fsp3) is 0.259. The van der Waals surface area contributed by atoms with Gasteiger partial charge in [0.1, 0.15) is 17.6 Å². The third kappa shape index (κ3) is 3.53. The number of fused-ring (bicyclic) bond motifs is 1. The molecule has 3 aliphatic rings. The van der Waals surface area contributed by atoms with Crippen LogP contribution in [0.25, 0.3) is 11.1 Å². The minimum Gasteiger partial charge on any atom is -0.461 e. The summed E-state index contributed by atoms with van der Waals surface area (Å²) in [6.07, 6.45) is 0.792. The van der Waals surface area contributed by atoms with Gasteiger partial charge in [0.15, 0.2) is 0 Å². The largest absolute Gasteiger partial charge is 0.461 e. The molecular weight excluding hydrogens is 482 g/mol. The Morgan fingerprint density at radius 3 is 2.21 bits per heavy atom. The number of anilines is 1. The van der Waals surface area contributed by atoms with Gasteiger partial charge in [-0.25, -0.2) is 0 Å². The Morgan fingerprint density at radius 1 is 0.879 bits per heavy atom. The van der Waals surface area contributed by atoms with Crippen molar-refractivity contribution in [2.75, 3.05) is 5.32 Å². The SMILES string of the molecule is O=C(Nc1ccc(Oc2ccc(-c3ccccc3)cc2)cc1)[C@@H]1[C@H]2C[C@H]3[C@H](OC(=O)[C@H]31)[C@H]2Br. The fourth-order valence-corrected chi connectivity index (χ4v) is 6.69. The number of hydrogen-bond acceptors (Lipinski definition) is 4. The molecule has 3 fully saturated rings. The number of alkyl halides is 1. The lowest BCUT2D eigenvalue weighted by molar-refractivity contribution is -0.145. The number of halogens is 1. The predicted octanol–water partition coefficient (Wildman–Crippen LogP) is 5.66. The molecule has 0 spiro atoms. The van der Waals surface area contributed by atoms with Crippen molar-refractivity contribution in [3.8, 4) is 22.6 Å². The van der Waals surface area contributed by atoms with Gasteiger partial charge >= 0.3 is 5.97 Å². The third-order valence-corrected chi connectivity index (χ3v) is 8.34. The number of ether oxygens (including phenoxy) is 2. The maximum absolute atomic E-state index is 13.0. The number of amides is 1. The quantitative estimate of drug-likeness (QED) is 0.360. The second kappa shape index (κ2) is 8.03. The maximum Gasteiger partial charge on any atom is 0.310 e. The molecule has 0 aromatic heterocycles. The summed E-state index contributed by atoms with van der Waals surface area (Å²) in [5.41, 5.74) is 2.97. The van der Waals surface area contributed by atoms with E-state index in [9.17, 15) is 9.59 Å². The molecule has 1 amide bonds. The molecule has 1 N–H and O–H groups in total. The topological polar surface area (TPSA) is 64.6 Å². The molecule has 1 aliphatic heterocycles. The van der Waals surface area contributed by atoms with Gasteiger partial charge in [-0.15, -0.1) is 0 Å². The molecule has 2 aliphatic carbocycles. The number of esters is 1. The van der Waals surface area contributed by atoms with Gasteiger partial charge in [0.05, 0.1) is 16.7 Å². The lowest BCUT2D eigenvalue weighted by Crippen LogP contribution is -2.40. The number of hydrogen-bond donors (Lipinski definition) is 1. The zero-order valence-electron chi connectivity index (χ0n) is 17.7. The molecule has 0 radical (unpaired) electrons. The second-order valence-electron chi connectivity index (χ2n) is 8.97. The Kier molecular flexibility index (Phi) is 4.98. The van der Waals surface area contributed by atoms with Crippen molar-refractivity contribution in [1.82, 2.24) is 0 Å². The number of benzene rings is 3. The number of carbonyl (C=O) groups is 2. The van der Waals surface area contributed by atoms with Crippen molar-refractivity contribution in [1.29, 1.82) is 0 Å². The van der Waals surface area contributed by atoms with Crippen LogP contribution in [-0.4, -0.2) is 22.8 Å². The van der Waals surface area contributed by atoms with E-state index in [4.69, 9.17) is 9.47 Å². The Hall–Kier alpha value is -3.12. The number of rotatable bonds is 5. The molecule has 3 aromatic rings. The first-order valence-corrected chi connectivity index (χ1v) is 12.1. The lowest BCUT2D eigenvalue weighted by Gasteiger charge is -2.27. The summed E-state index contributed by atoms with van der Waals surface area (Å²) >= 11 is 3.66. The predicted molar refractivity (Wildman–Crippen MR) is 128 cm³/mol. The molecule has 1 heterocycles.